The zero-order chi connectivity index (χ0) is 32.4. The fourth-order valence-corrected chi connectivity index (χ4v) is 5.15. The van der Waals surface area contributed by atoms with E-state index in [4.69, 9.17) is 14.2 Å². The van der Waals surface area contributed by atoms with Gasteiger partial charge in [0.1, 0.15) is 13.2 Å². The van der Waals surface area contributed by atoms with Gasteiger partial charge in [-0.1, -0.05) is 148 Å². The van der Waals surface area contributed by atoms with Crippen LogP contribution in [0.3, 0.4) is 0 Å². The summed E-state index contributed by atoms with van der Waals surface area (Å²) < 4.78 is 16.5. The minimum absolute atomic E-state index is 0.0715. The smallest absolute Gasteiger partial charge is 0.306 e. The molecular weight excluding hydrogens is 552 g/mol. The second-order valence-electron chi connectivity index (χ2n) is 12.5. The van der Waals surface area contributed by atoms with Crippen LogP contribution in [0.5, 0.6) is 0 Å². The van der Waals surface area contributed by atoms with E-state index in [-0.39, 0.29) is 31.1 Å². The first-order valence-corrected chi connectivity index (χ1v) is 18.7. The van der Waals surface area contributed by atoms with Crippen LogP contribution in [0.4, 0.5) is 0 Å². The first-order chi connectivity index (χ1) is 21.5. The van der Waals surface area contributed by atoms with E-state index >= 15 is 0 Å². The molecule has 258 valence electrons. The summed E-state index contributed by atoms with van der Waals surface area (Å²) in [5.41, 5.74) is 0. The van der Waals surface area contributed by atoms with Crippen LogP contribution in [0.25, 0.3) is 0 Å². The lowest BCUT2D eigenvalue weighted by Crippen LogP contribution is -2.30. The number of carbonyl (C=O) groups excluding carboxylic acids is 3. The molecule has 0 aromatic carbocycles. The van der Waals surface area contributed by atoms with Crippen LogP contribution in [-0.4, -0.2) is 37.2 Å². The van der Waals surface area contributed by atoms with Crippen molar-refractivity contribution < 1.29 is 28.6 Å². The van der Waals surface area contributed by atoms with Crippen molar-refractivity contribution in [3.05, 3.63) is 12.2 Å². The molecule has 0 fully saturated rings. The van der Waals surface area contributed by atoms with Gasteiger partial charge in [-0.25, -0.2) is 0 Å². The van der Waals surface area contributed by atoms with Gasteiger partial charge in [-0.15, -0.1) is 0 Å². The highest BCUT2D eigenvalue weighted by Gasteiger charge is 2.19. The van der Waals surface area contributed by atoms with Crippen LogP contribution in [0.15, 0.2) is 12.2 Å². The van der Waals surface area contributed by atoms with E-state index in [0.717, 1.165) is 83.5 Å². The number of hydrogen-bond acceptors (Lipinski definition) is 6. The Bertz CT molecular complexity index is 689. The van der Waals surface area contributed by atoms with Gasteiger partial charge in [0.2, 0.25) is 0 Å². The van der Waals surface area contributed by atoms with Gasteiger partial charge in [-0.2, -0.15) is 0 Å². The van der Waals surface area contributed by atoms with E-state index in [9.17, 15) is 14.4 Å². The lowest BCUT2D eigenvalue weighted by Gasteiger charge is -2.18. The fourth-order valence-electron chi connectivity index (χ4n) is 5.15. The van der Waals surface area contributed by atoms with Gasteiger partial charge >= 0.3 is 17.9 Å². The van der Waals surface area contributed by atoms with Crippen molar-refractivity contribution in [2.75, 3.05) is 13.2 Å². The first-order valence-electron chi connectivity index (χ1n) is 18.7. The Labute approximate surface area is 271 Å². The maximum atomic E-state index is 12.5. The van der Waals surface area contributed by atoms with Gasteiger partial charge in [-0.05, 0) is 38.5 Å². The van der Waals surface area contributed by atoms with Crippen molar-refractivity contribution in [1.29, 1.82) is 0 Å². The third-order valence-corrected chi connectivity index (χ3v) is 8.00. The van der Waals surface area contributed by atoms with E-state index in [1.165, 1.54) is 70.6 Å². The molecule has 0 aliphatic heterocycles. The molecule has 0 bridgehead atoms. The van der Waals surface area contributed by atoms with E-state index in [0.29, 0.717) is 19.3 Å². The molecule has 0 spiro atoms. The largest absolute Gasteiger partial charge is 0.462 e. The second kappa shape index (κ2) is 34.0. The second-order valence-corrected chi connectivity index (χ2v) is 12.5. The number of esters is 3. The molecule has 6 heteroatoms. The number of unbranched alkanes of at least 4 members (excludes halogenated alkanes) is 20. The normalized spacial score (nSPS) is 12.0. The minimum atomic E-state index is -0.761. The molecule has 0 saturated carbocycles. The van der Waals surface area contributed by atoms with Crippen molar-refractivity contribution in [2.45, 2.75) is 200 Å². The number of allylic oxidation sites excluding steroid dienone is 2. The van der Waals surface area contributed by atoms with Gasteiger partial charge in [0, 0.05) is 19.3 Å². The summed E-state index contributed by atoms with van der Waals surface area (Å²) in [5.74, 6) is -0.900. The maximum absolute atomic E-state index is 12.5. The molecule has 0 heterocycles. The van der Waals surface area contributed by atoms with Gasteiger partial charge in [0.05, 0.1) is 0 Å². The van der Waals surface area contributed by atoms with E-state index in [1.807, 2.05) is 0 Å². The quantitative estimate of drug-likeness (QED) is 0.0313. The molecule has 44 heavy (non-hydrogen) atoms. The molecule has 6 nitrogen and oxygen atoms in total. The van der Waals surface area contributed by atoms with Crippen LogP contribution in [-0.2, 0) is 28.6 Å². The summed E-state index contributed by atoms with van der Waals surface area (Å²) in [6.07, 6.45) is 32.2. The molecule has 1 unspecified atom stereocenters. The SMILES string of the molecule is CCC/C=C\CCCCCCCC(=O)OC(COC(=O)CCCCCCC)COC(=O)CCCCCCCCCCCCC. The fraction of sp³-hybridized carbons (Fsp3) is 0.868. The Morgan fingerprint density at radius 2 is 0.795 bits per heavy atom. The maximum Gasteiger partial charge on any atom is 0.306 e. The average Bonchev–Trinajstić information content (AvgIpc) is 3.02. The average molecular weight is 623 g/mol. The minimum Gasteiger partial charge on any atom is -0.462 e. The molecule has 1 atom stereocenters. The van der Waals surface area contributed by atoms with Gasteiger partial charge in [-0.3, -0.25) is 14.4 Å². The Balaban J connectivity index is 4.30. The molecule has 0 aliphatic rings. The predicted octanol–water partition coefficient (Wildman–Crippen LogP) is 11.1. The van der Waals surface area contributed by atoms with Gasteiger partial charge in [0.15, 0.2) is 6.10 Å². The highest BCUT2D eigenvalue weighted by Crippen LogP contribution is 2.13. The topological polar surface area (TPSA) is 78.9 Å². The Morgan fingerprint density at radius 3 is 1.23 bits per heavy atom. The number of carbonyl (C=O) groups is 3. The van der Waals surface area contributed by atoms with Crippen LogP contribution < -0.4 is 0 Å². The molecule has 0 aliphatic carbocycles. The summed E-state index contributed by atoms with van der Waals surface area (Å²) >= 11 is 0. The first kappa shape index (κ1) is 42.1. The van der Waals surface area contributed by atoms with Crippen molar-refractivity contribution >= 4 is 17.9 Å². The zero-order valence-corrected chi connectivity index (χ0v) is 29.2. The van der Waals surface area contributed by atoms with E-state index in [2.05, 4.69) is 32.9 Å². The third kappa shape index (κ3) is 31.6. The lowest BCUT2D eigenvalue weighted by atomic mass is 10.1. The summed E-state index contributed by atoms with van der Waals surface area (Å²) in [6.45, 7) is 6.45. The third-order valence-electron chi connectivity index (χ3n) is 8.00. The molecule has 0 N–H and O–H groups in total. The van der Waals surface area contributed by atoms with Crippen molar-refractivity contribution in [2.24, 2.45) is 0 Å². The summed E-state index contributed by atoms with van der Waals surface area (Å²) in [7, 11) is 0. The van der Waals surface area contributed by atoms with Crippen LogP contribution in [0.1, 0.15) is 194 Å². The van der Waals surface area contributed by atoms with E-state index < -0.39 is 6.10 Å². The Morgan fingerprint density at radius 1 is 0.432 bits per heavy atom. The summed E-state index contributed by atoms with van der Waals surface area (Å²) in [6, 6.07) is 0. The molecule has 0 aromatic rings. The molecule has 0 saturated heterocycles. The van der Waals surface area contributed by atoms with Crippen LogP contribution >= 0.6 is 0 Å². The van der Waals surface area contributed by atoms with Crippen LogP contribution in [0, 0.1) is 0 Å². The molecule has 0 radical (unpaired) electrons. The monoisotopic (exact) mass is 623 g/mol. The van der Waals surface area contributed by atoms with Crippen molar-refractivity contribution in [3.63, 3.8) is 0 Å². The van der Waals surface area contributed by atoms with Gasteiger partial charge in [0.25, 0.3) is 0 Å². The summed E-state index contributed by atoms with van der Waals surface area (Å²) in [4.78, 5) is 37.1. The Kier molecular flexibility index (Phi) is 32.6. The predicted molar refractivity (Wildman–Crippen MR) is 183 cm³/mol. The van der Waals surface area contributed by atoms with Crippen molar-refractivity contribution in [3.8, 4) is 0 Å². The molecule has 0 rings (SSSR count). The number of hydrogen-bond donors (Lipinski definition) is 0. The van der Waals surface area contributed by atoms with Crippen molar-refractivity contribution in [1.82, 2.24) is 0 Å². The van der Waals surface area contributed by atoms with Crippen LogP contribution in [0.2, 0.25) is 0 Å². The standard InChI is InChI=1S/C38H70O6/c1-4-7-10-13-15-17-19-21-22-25-28-31-37(40)43-34-35(33-42-36(39)30-27-24-12-9-6-3)44-38(41)32-29-26-23-20-18-16-14-11-8-5-2/h11,14,35H,4-10,12-13,15-34H2,1-3H3/b14-11-. The number of rotatable bonds is 33. The van der Waals surface area contributed by atoms with E-state index in [1.54, 1.807) is 0 Å². The Hall–Kier alpha value is -1.85. The van der Waals surface area contributed by atoms with Gasteiger partial charge < -0.3 is 14.2 Å². The highest BCUT2D eigenvalue weighted by molar-refractivity contribution is 5.71. The number of ether oxygens (including phenoxy) is 3. The molecule has 0 aromatic heterocycles. The lowest BCUT2D eigenvalue weighted by molar-refractivity contribution is -0.167. The molecular formula is C38H70O6. The molecule has 0 amide bonds. The zero-order valence-electron chi connectivity index (χ0n) is 29.2. The highest BCUT2D eigenvalue weighted by atomic mass is 16.6. The summed E-state index contributed by atoms with van der Waals surface area (Å²) in [5, 5.41) is 0.